The summed E-state index contributed by atoms with van der Waals surface area (Å²) in [5.74, 6) is 0. The third-order valence-corrected chi connectivity index (χ3v) is 3.28. The lowest BCUT2D eigenvalue weighted by molar-refractivity contribution is 0.410. The molecule has 0 atom stereocenters. The highest BCUT2D eigenvalue weighted by molar-refractivity contribution is 5.14. The molecule has 3 heteroatoms. The lowest BCUT2D eigenvalue weighted by Crippen LogP contribution is -2.35. The number of rotatable bonds is 6. The molecule has 108 valence electrons. The third kappa shape index (κ3) is 4.82. The van der Waals surface area contributed by atoms with Crippen molar-refractivity contribution in [3.05, 3.63) is 53.9 Å². The maximum absolute atomic E-state index is 4.42. The van der Waals surface area contributed by atoms with Gasteiger partial charge in [0.25, 0.3) is 0 Å². The summed E-state index contributed by atoms with van der Waals surface area (Å²) in [6.07, 6.45) is 4.11. The van der Waals surface area contributed by atoms with Gasteiger partial charge in [-0.2, -0.15) is 5.10 Å². The number of aromatic nitrogens is 2. The molecule has 0 radical (unpaired) electrons. The molecule has 0 aliphatic heterocycles. The van der Waals surface area contributed by atoms with Crippen LogP contribution in [-0.4, -0.2) is 15.3 Å². The molecule has 0 aliphatic carbocycles. The molecule has 3 nitrogen and oxygen atoms in total. The molecule has 0 spiro atoms. The highest BCUT2D eigenvalue weighted by atomic mass is 15.3. The zero-order chi connectivity index (χ0) is 14.4. The Morgan fingerprint density at radius 1 is 1.10 bits per heavy atom. The second kappa shape index (κ2) is 6.71. The summed E-state index contributed by atoms with van der Waals surface area (Å²) in [6.45, 7) is 8.40. The minimum absolute atomic E-state index is 0.138. The number of hydrogen-bond donors (Lipinski definition) is 1. The Morgan fingerprint density at radius 2 is 1.85 bits per heavy atom. The predicted octanol–water partition coefficient (Wildman–Crippen LogP) is 3.40. The second-order valence-corrected chi connectivity index (χ2v) is 6.24. The van der Waals surface area contributed by atoms with E-state index in [-0.39, 0.29) is 5.54 Å². The van der Waals surface area contributed by atoms with Crippen molar-refractivity contribution >= 4 is 0 Å². The monoisotopic (exact) mass is 271 g/mol. The number of aryl methyl sites for hydroxylation is 2. The molecule has 0 fully saturated rings. The van der Waals surface area contributed by atoms with Crippen LogP contribution in [0.3, 0.4) is 0 Å². The van der Waals surface area contributed by atoms with Gasteiger partial charge in [-0.3, -0.25) is 4.68 Å². The van der Waals surface area contributed by atoms with Crippen LogP contribution >= 0.6 is 0 Å². The van der Waals surface area contributed by atoms with Gasteiger partial charge < -0.3 is 5.32 Å². The van der Waals surface area contributed by atoms with Crippen molar-refractivity contribution < 1.29 is 0 Å². The minimum Gasteiger partial charge on any atom is -0.306 e. The van der Waals surface area contributed by atoms with E-state index in [2.05, 4.69) is 72.3 Å². The number of benzene rings is 1. The Hall–Kier alpha value is -1.61. The van der Waals surface area contributed by atoms with Gasteiger partial charge in [0.05, 0.1) is 5.69 Å². The summed E-state index contributed by atoms with van der Waals surface area (Å²) in [5, 5.41) is 7.94. The van der Waals surface area contributed by atoms with Crippen LogP contribution in [0.2, 0.25) is 0 Å². The first kappa shape index (κ1) is 14.8. The number of hydrogen-bond acceptors (Lipinski definition) is 2. The van der Waals surface area contributed by atoms with Crippen LogP contribution in [-0.2, 0) is 19.5 Å². The lowest BCUT2D eigenvalue weighted by Gasteiger charge is -2.20. The van der Waals surface area contributed by atoms with Crippen LogP contribution in [0.5, 0.6) is 0 Å². The lowest BCUT2D eigenvalue weighted by atomic mass is 10.1. The van der Waals surface area contributed by atoms with Gasteiger partial charge in [0, 0.05) is 24.8 Å². The molecule has 20 heavy (non-hydrogen) atoms. The van der Waals surface area contributed by atoms with Gasteiger partial charge >= 0.3 is 0 Å². The van der Waals surface area contributed by atoms with Crippen molar-refractivity contribution in [3.8, 4) is 0 Å². The van der Waals surface area contributed by atoms with E-state index in [1.54, 1.807) is 0 Å². The topological polar surface area (TPSA) is 29.9 Å². The summed E-state index contributed by atoms with van der Waals surface area (Å²) in [6, 6.07) is 12.7. The zero-order valence-corrected chi connectivity index (χ0v) is 12.8. The van der Waals surface area contributed by atoms with Gasteiger partial charge in [0.15, 0.2) is 0 Å². The van der Waals surface area contributed by atoms with Gasteiger partial charge in [0.1, 0.15) is 0 Å². The largest absolute Gasteiger partial charge is 0.306 e. The minimum atomic E-state index is 0.138. The van der Waals surface area contributed by atoms with Crippen molar-refractivity contribution in [2.24, 2.45) is 0 Å². The highest BCUT2D eigenvalue weighted by Crippen LogP contribution is 2.07. The van der Waals surface area contributed by atoms with Gasteiger partial charge in [0.2, 0.25) is 0 Å². The van der Waals surface area contributed by atoms with E-state index < -0.39 is 0 Å². The molecule has 0 saturated heterocycles. The van der Waals surface area contributed by atoms with Crippen molar-refractivity contribution in [2.75, 3.05) is 0 Å². The fourth-order valence-corrected chi connectivity index (χ4v) is 2.14. The highest BCUT2D eigenvalue weighted by Gasteiger charge is 2.10. The summed E-state index contributed by atoms with van der Waals surface area (Å²) in [7, 11) is 0. The van der Waals surface area contributed by atoms with E-state index in [0.29, 0.717) is 0 Å². The molecule has 2 aromatic rings. The SMILES string of the molecule is CC(C)(C)NCc1ccnn1CCCc1ccccc1. The molecule has 0 saturated carbocycles. The summed E-state index contributed by atoms with van der Waals surface area (Å²) < 4.78 is 2.11. The quantitative estimate of drug-likeness (QED) is 0.872. The maximum atomic E-state index is 4.42. The van der Waals surface area contributed by atoms with E-state index in [0.717, 1.165) is 25.9 Å². The van der Waals surface area contributed by atoms with E-state index >= 15 is 0 Å². The molecule has 1 aromatic carbocycles. The Balaban J connectivity index is 1.83. The van der Waals surface area contributed by atoms with E-state index in [1.165, 1.54) is 11.3 Å². The van der Waals surface area contributed by atoms with Gasteiger partial charge in [-0.25, -0.2) is 0 Å². The number of nitrogens with zero attached hydrogens (tertiary/aromatic N) is 2. The molecule has 0 amide bonds. The average molecular weight is 271 g/mol. The van der Waals surface area contributed by atoms with Crippen LogP contribution in [0.15, 0.2) is 42.6 Å². The Kier molecular flexibility index (Phi) is 4.96. The van der Waals surface area contributed by atoms with Gasteiger partial charge in [-0.05, 0) is 45.2 Å². The van der Waals surface area contributed by atoms with Crippen LogP contribution < -0.4 is 5.32 Å². The first-order valence-electron chi connectivity index (χ1n) is 7.34. The number of nitrogens with one attached hydrogen (secondary N) is 1. The van der Waals surface area contributed by atoms with E-state index in [4.69, 9.17) is 0 Å². The smallest absolute Gasteiger partial charge is 0.0522 e. The molecule has 0 bridgehead atoms. The summed E-state index contributed by atoms with van der Waals surface area (Å²) >= 11 is 0. The Morgan fingerprint density at radius 3 is 2.55 bits per heavy atom. The predicted molar refractivity (Wildman–Crippen MR) is 83.6 cm³/mol. The molecule has 1 heterocycles. The first-order chi connectivity index (χ1) is 9.54. The second-order valence-electron chi connectivity index (χ2n) is 6.24. The normalized spacial score (nSPS) is 11.8. The van der Waals surface area contributed by atoms with Crippen LogP contribution in [0.25, 0.3) is 0 Å². The van der Waals surface area contributed by atoms with E-state index in [1.807, 2.05) is 6.20 Å². The fourth-order valence-electron chi connectivity index (χ4n) is 2.14. The van der Waals surface area contributed by atoms with Crippen LogP contribution in [0.4, 0.5) is 0 Å². The Bertz CT molecular complexity index is 509. The molecule has 0 aliphatic rings. The molecular formula is C17H25N3. The third-order valence-electron chi connectivity index (χ3n) is 3.28. The molecule has 1 aromatic heterocycles. The van der Waals surface area contributed by atoms with Crippen LogP contribution in [0.1, 0.15) is 38.4 Å². The van der Waals surface area contributed by atoms with Gasteiger partial charge in [-0.1, -0.05) is 30.3 Å². The summed E-state index contributed by atoms with van der Waals surface area (Å²) in [5.41, 5.74) is 2.79. The van der Waals surface area contributed by atoms with Gasteiger partial charge in [-0.15, -0.1) is 0 Å². The summed E-state index contributed by atoms with van der Waals surface area (Å²) in [4.78, 5) is 0. The standard InChI is InChI=1S/C17H25N3/c1-17(2,3)18-14-16-11-12-19-20(16)13-7-10-15-8-5-4-6-9-15/h4-6,8-9,11-12,18H,7,10,13-14H2,1-3H3. The van der Waals surface area contributed by atoms with Crippen molar-refractivity contribution in [2.45, 2.75) is 52.2 Å². The maximum Gasteiger partial charge on any atom is 0.0522 e. The molecule has 2 rings (SSSR count). The van der Waals surface area contributed by atoms with Crippen molar-refractivity contribution in [1.29, 1.82) is 0 Å². The molecule has 0 unspecified atom stereocenters. The van der Waals surface area contributed by atoms with Crippen LogP contribution in [0, 0.1) is 0 Å². The Labute approximate surface area is 122 Å². The fraction of sp³-hybridized carbons (Fsp3) is 0.471. The average Bonchev–Trinajstić information content (AvgIpc) is 2.84. The first-order valence-corrected chi connectivity index (χ1v) is 7.34. The molecular weight excluding hydrogens is 246 g/mol. The van der Waals surface area contributed by atoms with Crippen molar-refractivity contribution in [3.63, 3.8) is 0 Å². The van der Waals surface area contributed by atoms with E-state index in [9.17, 15) is 0 Å². The van der Waals surface area contributed by atoms with Crippen molar-refractivity contribution in [1.82, 2.24) is 15.1 Å². The molecule has 1 N–H and O–H groups in total. The zero-order valence-electron chi connectivity index (χ0n) is 12.8.